The van der Waals surface area contributed by atoms with E-state index in [0.29, 0.717) is 0 Å². The summed E-state index contributed by atoms with van der Waals surface area (Å²) in [5.74, 6) is -3.08. The fraction of sp³-hybridized carbons (Fsp3) is 0.286. The minimum Gasteiger partial charge on any atom is -0.481 e. The van der Waals surface area contributed by atoms with Crippen molar-refractivity contribution in [1.29, 1.82) is 0 Å². The molecule has 13 heavy (non-hydrogen) atoms. The lowest BCUT2D eigenvalue weighted by atomic mass is 10.2. The van der Waals surface area contributed by atoms with E-state index in [0.717, 1.165) is 6.20 Å². The highest BCUT2D eigenvalue weighted by atomic mass is 16.4. The lowest BCUT2D eigenvalue weighted by Gasteiger charge is -1.98. The molecule has 0 saturated heterocycles. The summed E-state index contributed by atoms with van der Waals surface area (Å²) in [5, 5.41) is 18.8. The summed E-state index contributed by atoms with van der Waals surface area (Å²) in [5.41, 5.74) is -0.372. The fourth-order valence-corrected chi connectivity index (χ4v) is 0.540. The van der Waals surface area contributed by atoms with E-state index >= 15 is 0 Å². The van der Waals surface area contributed by atoms with E-state index in [1.54, 1.807) is 0 Å². The Labute approximate surface area is 73.9 Å². The second-order valence-corrected chi connectivity index (χ2v) is 2.25. The maximum atomic E-state index is 10.4. The summed E-state index contributed by atoms with van der Waals surface area (Å²) in [4.78, 5) is 30.9. The Bertz CT molecular complexity index is 268. The van der Waals surface area contributed by atoms with Crippen LogP contribution in [0.4, 0.5) is 0 Å². The van der Waals surface area contributed by atoms with Crippen LogP contribution in [0.2, 0.25) is 0 Å². The first-order chi connectivity index (χ1) is 5.93. The number of carbonyl (C=O) groups excluding carboxylic acids is 1. The van der Waals surface area contributed by atoms with Gasteiger partial charge in [-0.15, -0.1) is 0 Å². The molecule has 6 heteroatoms. The molecular formula is C7H9NO5. The SMILES string of the molecule is CC(=O)NC=C(CC(=O)O)C(=O)O. The first-order valence-electron chi connectivity index (χ1n) is 3.34. The average molecular weight is 187 g/mol. The van der Waals surface area contributed by atoms with Crippen molar-refractivity contribution >= 4 is 17.8 Å². The molecule has 6 nitrogen and oxygen atoms in total. The molecule has 0 spiro atoms. The zero-order valence-electron chi connectivity index (χ0n) is 6.90. The van der Waals surface area contributed by atoms with Gasteiger partial charge < -0.3 is 15.5 Å². The van der Waals surface area contributed by atoms with Crippen LogP contribution in [0.5, 0.6) is 0 Å². The van der Waals surface area contributed by atoms with Crippen molar-refractivity contribution in [2.75, 3.05) is 0 Å². The van der Waals surface area contributed by atoms with Crippen molar-refractivity contribution < 1.29 is 24.6 Å². The molecule has 0 bridgehead atoms. The summed E-state index contributed by atoms with van der Waals surface area (Å²) < 4.78 is 0. The number of carboxylic acids is 2. The normalized spacial score (nSPS) is 10.7. The van der Waals surface area contributed by atoms with Gasteiger partial charge >= 0.3 is 11.9 Å². The summed E-state index contributed by atoms with van der Waals surface area (Å²) in [6.45, 7) is 1.19. The highest BCUT2D eigenvalue weighted by Gasteiger charge is 2.11. The molecule has 0 aromatic heterocycles. The van der Waals surface area contributed by atoms with Crippen LogP contribution in [0.15, 0.2) is 11.8 Å². The molecule has 0 radical (unpaired) electrons. The van der Waals surface area contributed by atoms with E-state index in [-0.39, 0.29) is 5.57 Å². The third-order valence-electron chi connectivity index (χ3n) is 1.07. The van der Waals surface area contributed by atoms with E-state index in [9.17, 15) is 14.4 Å². The van der Waals surface area contributed by atoms with Crippen LogP contribution in [-0.2, 0) is 14.4 Å². The van der Waals surface area contributed by atoms with Crippen LogP contribution in [-0.4, -0.2) is 28.1 Å². The van der Waals surface area contributed by atoms with Gasteiger partial charge in [-0.25, -0.2) is 4.79 Å². The van der Waals surface area contributed by atoms with Gasteiger partial charge in [-0.1, -0.05) is 0 Å². The predicted octanol–water partition coefficient (Wildman–Crippen LogP) is -0.434. The zero-order chi connectivity index (χ0) is 10.4. The van der Waals surface area contributed by atoms with Crippen molar-refractivity contribution in [3.8, 4) is 0 Å². The van der Waals surface area contributed by atoms with Gasteiger partial charge in [-0.05, 0) is 0 Å². The van der Waals surface area contributed by atoms with E-state index in [2.05, 4.69) is 5.32 Å². The molecule has 0 atom stereocenters. The Morgan fingerprint density at radius 3 is 2.15 bits per heavy atom. The fourth-order valence-electron chi connectivity index (χ4n) is 0.540. The third kappa shape index (κ3) is 5.42. The molecule has 0 rings (SSSR count). The van der Waals surface area contributed by atoms with Crippen molar-refractivity contribution in [2.45, 2.75) is 13.3 Å². The first kappa shape index (κ1) is 11.2. The predicted molar refractivity (Wildman–Crippen MR) is 41.8 cm³/mol. The van der Waals surface area contributed by atoms with E-state index in [1.165, 1.54) is 6.92 Å². The Morgan fingerprint density at radius 2 is 1.85 bits per heavy atom. The van der Waals surface area contributed by atoms with Gasteiger partial charge in [0.25, 0.3) is 0 Å². The van der Waals surface area contributed by atoms with E-state index in [1.807, 2.05) is 0 Å². The first-order valence-corrected chi connectivity index (χ1v) is 3.34. The molecule has 0 saturated carbocycles. The highest BCUT2D eigenvalue weighted by Crippen LogP contribution is 1.99. The number of carbonyl (C=O) groups is 3. The van der Waals surface area contributed by atoms with Gasteiger partial charge in [0, 0.05) is 13.1 Å². The number of carboxylic acid groups (broad SMARTS) is 2. The lowest BCUT2D eigenvalue weighted by molar-refractivity contribution is -0.139. The number of aliphatic carboxylic acids is 2. The van der Waals surface area contributed by atoms with Crippen LogP contribution in [0.25, 0.3) is 0 Å². The van der Waals surface area contributed by atoms with Crippen LogP contribution in [0, 0.1) is 0 Å². The van der Waals surface area contributed by atoms with Gasteiger partial charge in [0.1, 0.15) is 0 Å². The van der Waals surface area contributed by atoms with Gasteiger partial charge in [0.2, 0.25) is 5.91 Å². The quantitative estimate of drug-likeness (QED) is 0.518. The van der Waals surface area contributed by atoms with Crippen molar-refractivity contribution in [2.24, 2.45) is 0 Å². The Morgan fingerprint density at radius 1 is 1.31 bits per heavy atom. The molecular weight excluding hydrogens is 178 g/mol. The highest BCUT2D eigenvalue weighted by molar-refractivity contribution is 5.92. The number of rotatable bonds is 4. The van der Waals surface area contributed by atoms with E-state index in [4.69, 9.17) is 10.2 Å². The largest absolute Gasteiger partial charge is 0.481 e. The maximum absolute atomic E-state index is 10.4. The molecule has 0 heterocycles. The second-order valence-electron chi connectivity index (χ2n) is 2.25. The Hall–Kier alpha value is -1.85. The van der Waals surface area contributed by atoms with Gasteiger partial charge in [0.15, 0.2) is 0 Å². The number of nitrogens with one attached hydrogen (secondary N) is 1. The number of hydrogen-bond donors (Lipinski definition) is 3. The Kier molecular flexibility index (Phi) is 4.21. The van der Waals surface area contributed by atoms with Crippen LogP contribution < -0.4 is 5.32 Å². The van der Waals surface area contributed by atoms with Crippen molar-refractivity contribution in [1.82, 2.24) is 5.32 Å². The molecule has 0 aromatic rings. The zero-order valence-corrected chi connectivity index (χ0v) is 6.90. The Balaban J connectivity index is 4.41. The minimum atomic E-state index is -1.36. The van der Waals surface area contributed by atoms with Crippen molar-refractivity contribution in [3.63, 3.8) is 0 Å². The topological polar surface area (TPSA) is 104 Å². The molecule has 1 amide bonds. The van der Waals surface area contributed by atoms with Crippen LogP contribution in [0.3, 0.4) is 0 Å². The molecule has 0 aliphatic heterocycles. The number of hydrogen-bond acceptors (Lipinski definition) is 3. The van der Waals surface area contributed by atoms with Gasteiger partial charge in [0.05, 0.1) is 12.0 Å². The minimum absolute atomic E-state index is 0.372. The van der Waals surface area contributed by atoms with Gasteiger partial charge in [-0.2, -0.15) is 0 Å². The van der Waals surface area contributed by atoms with E-state index < -0.39 is 24.3 Å². The monoisotopic (exact) mass is 187 g/mol. The second kappa shape index (κ2) is 4.91. The molecule has 0 aliphatic rings. The standard InChI is InChI=1S/C7H9NO5/c1-4(9)8-3-5(7(12)13)2-6(10)11/h3H,2H2,1H3,(H,8,9)(H,10,11)(H,12,13). The maximum Gasteiger partial charge on any atom is 0.333 e. The smallest absolute Gasteiger partial charge is 0.333 e. The van der Waals surface area contributed by atoms with Gasteiger partial charge in [-0.3, -0.25) is 9.59 Å². The van der Waals surface area contributed by atoms with Crippen LogP contribution >= 0.6 is 0 Å². The van der Waals surface area contributed by atoms with Crippen molar-refractivity contribution in [3.05, 3.63) is 11.8 Å². The molecule has 72 valence electrons. The summed E-state index contributed by atoms with van der Waals surface area (Å²) in [6.07, 6.45) is 0.244. The summed E-state index contributed by atoms with van der Waals surface area (Å²) in [6, 6.07) is 0. The molecule has 0 fully saturated rings. The van der Waals surface area contributed by atoms with Crippen LogP contribution in [0.1, 0.15) is 13.3 Å². The average Bonchev–Trinajstić information content (AvgIpc) is 1.96. The summed E-state index contributed by atoms with van der Waals surface area (Å²) >= 11 is 0. The number of amides is 1. The molecule has 0 aromatic carbocycles. The third-order valence-corrected chi connectivity index (χ3v) is 1.07. The summed E-state index contributed by atoms with van der Waals surface area (Å²) in [7, 11) is 0. The molecule has 0 aliphatic carbocycles. The molecule has 3 N–H and O–H groups in total. The molecule has 0 unspecified atom stereocenters. The lowest BCUT2D eigenvalue weighted by Crippen LogP contribution is -2.16.